The zero-order chi connectivity index (χ0) is 22.5. The molecule has 160 valence electrons. The van der Waals surface area contributed by atoms with Crippen molar-refractivity contribution in [1.82, 2.24) is 29.3 Å². The largest absolute Gasteiger partial charge is 0.368 e. The van der Waals surface area contributed by atoms with E-state index in [4.69, 9.17) is 10.7 Å². The lowest BCUT2D eigenvalue weighted by atomic mass is 10.1. The van der Waals surface area contributed by atoms with Gasteiger partial charge in [0, 0.05) is 35.3 Å². The molecule has 7 heteroatoms. The van der Waals surface area contributed by atoms with Crippen molar-refractivity contribution < 1.29 is 0 Å². The lowest BCUT2D eigenvalue weighted by molar-refractivity contribution is 0.413. The Morgan fingerprint density at radius 2 is 1.66 bits per heavy atom. The van der Waals surface area contributed by atoms with Gasteiger partial charge in [-0.25, -0.2) is 19.6 Å². The van der Waals surface area contributed by atoms with Crippen LogP contribution in [0, 0.1) is 6.92 Å². The van der Waals surface area contributed by atoms with Crippen molar-refractivity contribution in [3.05, 3.63) is 72.8 Å². The van der Waals surface area contributed by atoms with E-state index in [0.717, 1.165) is 44.9 Å². The molecule has 0 radical (unpaired) electrons. The third-order valence-electron chi connectivity index (χ3n) is 5.44. The summed E-state index contributed by atoms with van der Waals surface area (Å²) in [5, 5.41) is 4.63. The Kier molecular flexibility index (Phi) is 4.55. The maximum absolute atomic E-state index is 5.65. The first-order chi connectivity index (χ1) is 15.3. The van der Waals surface area contributed by atoms with Crippen LogP contribution in [0.2, 0.25) is 0 Å². The Balaban J connectivity index is 1.74. The standard InChI is InChI=1S/C25H25N7/c1-16-11-12-31(30-16)21-8-6-5-7-19(21)23-29-20-13-17(18-14-27-24(26)28-15-18)9-10-22(20)32(23)25(2,3)4/h5-15H,1-4H3,(H2,26,27,28). The molecule has 3 aromatic heterocycles. The van der Waals surface area contributed by atoms with Crippen LogP contribution in [0.5, 0.6) is 0 Å². The van der Waals surface area contributed by atoms with E-state index in [-0.39, 0.29) is 11.5 Å². The minimum absolute atomic E-state index is 0.178. The molecule has 5 aromatic rings. The van der Waals surface area contributed by atoms with Crippen LogP contribution in [-0.4, -0.2) is 29.3 Å². The monoisotopic (exact) mass is 423 g/mol. The number of imidazole rings is 1. The van der Waals surface area contributed by atoms with Gasteiger partial charge < -0.3 is 10.3 Å². The maximum atomic E-state index is 5.65. The van der Waals surface area contributed by atoms with Gasteiger partial charge in [-0.15, -0.1) is 0 Å². The lowest BCUT2D eigenvalue weighted by Crippen LogP contribution is -2.23. The average molecular weight is 424 g/mol. The molecule has 0 aliphatic rings. The molecule has 0 aliphatic carbocycles. The first kappa shape index (κ1) is 19.9. The third kappa shape index (κ3) is 3.41. The number of aryl methyl sites for hydroxylation is 1. The fraction of sp³-hybridized carbons (Fsp3) is 0.200. The van der Waals surface area contributed by atoms with Crippen LogP contribution >= 0.6 is 0 Å². The molecule has 0 fully saturated rings. The molecule has 0 saturated heterocycles. The topological polar surface area (TPSA) is 87.4 Å². The summed E-state index contributed by atoms with van der Waals surface area (Å²) in [7, 11) is 0. The molecule has 0 bridgehead atoms. The molecular formula is C25H25N7. The molecule has 0 unspecified atom stereocenters. The van der Waals surface area contributed by atoms with Gasteiger partial charge in [0.05, 0.1) is 22.4 Å². The van der Waals surface area contributed by atoms with Crippen molar-refractivity contribution in [3.63, 3.8) is 0 Å². The summed E-state index contributed by atoms with van der Waals surface area (Å²) in [5.74, 6) is 1.17. The fourth-order valence-electron chi connectivity index (χ4n) is 4.02. The van der Waals surface area contributed by atoms with Crippen LogP contribution in [0.4, 0.5) is 5.95 Å². The van der Waals surface area contributed by atoms with Gasteiger partial charge in [-0.1, -0.05) is 18.2 Å². The van der Waals surface area contributed by atoms with Crippen LogP contribution in [0.25, 0.3) is 39.2 Å². The number of rotatable bonds is 3. The molecule has 2 aromatic carbocycles. The SMILES string of the molecule is Cc1ccn(-c2ccccc2-c2nc3cc(-c4cnc(N)nc4)ccc3n2C(C)(C)C)n1. The number of hydrogen-bond donors (Lipinski definition) is 1. The molecule has 32 heavy (non-hydrogen) atoms. The molecule has 5 rings (SSSR count). The highest BCUT2D eigenvalue weighted by Gasteiger charge is 2.24. The molecule has 0 aliphatic heterocycles. The van der Waals surface area contributed by atoms with Gasteiger partial charge in [-0.2, -0.15) is 5.10 Å². The molecule has 0 amide bonds. The normalized spacial score (nSPS) is 11.9. The van der Waals surface area contributed by atoms with Crippen molar-refractivity contribution in [3.8, 4) is 28.2 Å². The smallest absolute Gasteiger partial charge is 0.219 e. The first-order valence-corrected chi connectivity index (χ1v) is 10.5. The van der Waals surface area contributed by atoms with Crippen molar-refractivity contribution >= 4 is 17.0 Å². The zero-order valence-electron chi connectivity index (χ0n) is 18.6. The highest BCUT2D eigenvalue weighted by molar-refractivity contribution is 5.87. The van der Waals surface area contributed by atoms with E-state index in [1.54, 1.807) is 12.4 Å². The number of hydrogen-bond acceptors (Lipinski definition) is 5. The summed E-state index contributed by atoms with van der Waals surface area (Å²) < 4.78 is 4.20. The summed E-state index contributed by atoms with van der Waals surface area (Å²) in [6.07, 6.45) is 5.46. The second-order valence-corrected chi connectivity index (χ2v) is 8.89. The van der Waals surface area contributed by atoms with E-state index >= 15 is 0 Å². The summed E-state index contributed by atoms with van der Waals surface area (Å²) in [6.45, 7) is 8.58. The van der Waals surface area contributed by atoms with Gasteiger partial charge >= 0.3 is 0 Å². The quantitative estimate of drug-likeness (QED) is 0.442. The van der Waals surface area contributed by atoms with Gasteiger partial charge in [0.15, 0.2) is 0 Å². The highest BCUT2D eigenvalue weighted by Crippen LogP contribution is 2.35. The van der Waals surface area contributed by atoms with Crippen molar-refractivity contribution in [1.29, 1.82) is 0 Å². The Bertz CT molecular complexity index is 1420. The Labute approximate surface area is 186 Å². The summed E-state index contributed by atoms with van der Waals surface area (Å²) >= 11 is 0. The van der Waals surface area contributed by atoms with E-state index in [2.05, 4.69) is 70.7 Å². The molecule has 0 atom stereocenters. The number of anilines is 1. The molecule has 0 spiro atoms. The number of para-hydroxylation sites is 1. The van der Waals surface area contributed by atoms with Crippen LogP contribution in [-0.2, 0) is 5.54 Å². The molecule has 3 heterocycles. The molecular weight excluding hydrogens is 398 g/mol. The van der Waals surface area contributed by atoms with Crippen LogP contribution < -0.4 is 5.73 Å². The average Bonchev–Trinajstić information content (AvgIpc) is 3.37. The first-order valence-electron chi connectivity index (χ1n) is 10.5. The Morgan fingerprint density at radius 3 is 2.34 bits per heavy atom. The van der Waals surface area contributed by atoms with Gasteiger partial charge in [-0.3, -0.25) is 0 Å². The van der Waals surface area contributed by atoms with Crippen molar-refractivity contribution in [2.45, 2.75) is 33.2 Å². The van der Waals surface area contributed by atoms with E-state index in [0.29, 0.717) is 0 Å². The highest BCUT2D eigenvalue weighted by atomic mass is 15.3. The third-order valence-corrected chi connectivity index (χ3v) is 5.44. The molecule has 0 saturated carbocycles. The van der Waals surface area contributed by atoms with Gasteiger partial charge in [0.1, 0.15) is 5.82 Å². The van der Waals surface area contributed by atoms with Crippen molar-refractivity contribution in [2.75, 3.05) is 5.73 Å². The molecule has 7 nitrogen and oxygen atoms in total. The second-order valence-electron chi connectivity index (χ2n) is 8.89. The van der Waals surface area contributed by atoms with Crippen LogP contribution in [0.3, 0.4) is 0 Å². The lowest BCUT2D eigenvalue weighted by Gasteiger charge is -2.25. The predicted molar refractivity (Wildman–Crippen MR) is 127 cm³/mol. The Hall–Kier alpha value is -4.00. The predicted octanol–water partition coefficient (Wildman–Crippen LogP) is 4.99. The van der Waals surface area contributed by atoms with E-state index in [9.17, 15) is 0 Å². The van der Waals surface area contributed by atoms with Gasteiger partial charge in [0.2, 0.25) is 5.95 Å². The fourth-order valence-corrected chi connectivity index (χ4v) is 4.02. The van der Waals surface area contributed by atoms with E-state index in [1.165, 1.54) is 0 Å². The minimum Gasteiger partial charge on any atom is -0.368 e. The Morgan fingerprint density at radius 1 is 0.906 bits per heavy atom. The van der Waals surface area contributed by atoms with Crippen LogP contribution in [0.15, 0.2) is 67.1 Å². The number of nitrogens with two attached hydrogens (primary N) is 1. The number of nitrogens with zero attached hydrogens (tertiary/aromatic N) is 6. The summed E-state index contributed by atoms with van der Waals surface area (Å²) in [5.41, 5.74) is 12.3. The number of benzene rings is 2. The summed E-state index contributed by atoms with van der Waals surface area (Å²) in [6, 6.07) is 16.5. The second kappa shape index (κ2) is 7.30. The summed E-state index contributed by atoms with van der Waals surface area (Å²) in [4.78, 5) is 13.3. The number of nitrogen functional groups attached to an aromatic ring is 1. The van der Waals surface area contributed by atoms with E-state index in [1.807, 2.05) is 36.0 Å². The maximum Gasteiger partial charge on any atom is 0.219 e. The van der Waals surface area contributed by atoms with Crippen molar-refractivity contribution in [2.24, 2.45) is 0 Å². The number of aromatic nitrogens is 6. The van der Waals surface area contributed by atoms with Gasteiger partial charge in [0.25, 0.3) is 0 Å². The van der Waals surface area contributed by atoms with Crippen LogP contribution in [0.1, 0.15) is 26.5 Å². The minimum atomic E-state index is -0.178. The number of fused-ring (bicyclic) bond motifs is 1. The zero-order valence-corrected chi connectivity index (χ0v) is 18.6. The molecule has 2 N–H and O–H groups in total. The van der Waals surface area contributed by atoms with Gasteiger partial charge in [-0.05, 0) is 63.6 Å². The van der Waals surface area contributed by atoms with E-state index < -0.39 is 0 Å².